The molecule has 7 rings (SSSR count). The molecule has 0 bridgehead atoms. The summed E-state index contributed by atoms with van der Waals surface area (Å²) in [6.07, 6.45) is 2.83. The minimum atomic E-state index is -0.856. The summed E-state index contributed by atoms with van der Waals surface area (Å²) in [6.45, 7) is 7.11. The number of esters is 2. The second-order valence-corrected chi connectivity index (χ2v) is 11.4. The Hall–Kier alpha value is -7.08. The Kier molecular flexibility index (Phi) is 7.48. The number of rotatable bonds is 8. The summed E-state index contributed by atoms with van der Waals surface area (Å²) in [5, 5.41) is 0. The Morgan fingerprint density at radius 3 is 1.22 bits per heavy atom. The lowest BCUT2D eigenvalue weighted by Gasteiger charge is -2.19. The second kappa shape index (κ2) is 11.9. The predicted molar refractivity (Wildman–Crippen MR) is 174 cm³/mol. The first kappa shape index (κ1) is 31.5. The number of ether oxygens (including phenoxy) is 2. The molecule has 12 nitrogen and oxygen atoms in total. The maximum atomic E-state index is 13.5. The van der Waals surface area contributed by atoms with Crippen molar-refractivity contribution in [3.63, 3.8) is 0 Å². The Labute approximate surface area is 282 Å². The van der Waals surface area contributed by atoms with Crippen LogP contribution < -0.4 is 9.47 Å². The molecule has 4 aromatic carbocycles. The molecule has 244 valence electrons. The lowest BCUT2D eigenvalue weighted by Crippen LogP contribution is -2.29. The van der Waals surface area contributed by atoms with E-state index >= 15 is 0 Å². The van der Waals surface area contributed by atoms with Gasteiger partial charge in [0.15, 0.2) is 11.6 Å². The van der Waals surface area contributed by atoms with Crippen LogP contribution in [0.4, 0.5) is 0 Å². The Morgan fingerprint density at radius 1 is 0.480 bits per heavy atom. The highest BCUT2D eigenvalue weighted by atomic mass is 16.5. The van der Waals surface area contributed by atoms with Crippen molar-refractivity contribution in [1.82, 2.24) is 9.80 Å². The van der Waals surface area contributed by atoms with Crippen molar-refractivity contribution in [2.45, 2.75) is 0 Å². The standard InChI is InChI=1S/C38H22N2O10/c1-3-13-39-33(43)25-9-5-19(15-29(25)35(39)45)37(47)49-21-7-11-23-27(17-21)31(41)24-12-8-22(18-28(24)32(23)42)50-38(48)20-6-10-26-30(16-20)36(46)40(14-4-2)34(26)44/h3-12,15-18H,1-2,13-14H2. The molecule has 0 saturated heterocycles. The van der Waals surface area contributed by atoms with Gasteiger partial charge in [0, 0.05) is 35.3 Å². The summed E-state index contributed by atoms with van der Waals surface area (Å²) >= 11 is 0. The molecule has 0 radical (unpaired) electrons. The maximum Gasteiger partial charge on any atom is 0.343 e. The van der Waals surface area contributed by atoms with E-state index in [0.717, 1.165) is 9.80 Å². The molecule has 0 saturated carbocycles. The molecule has 50 heavy (non-hydrogen) atoms. The summed E-state index contributed by atoms with van der Waals surface area (Å²) in [4.78, 5) is 105. The zero-order valence-electron chi connectivity index (χ0n) is 25.9. The predicted octanol–water partition coefficient (Wildman–Crippen LogP) is 4.46. The van der Waals surface area contributed by atoms with Crippen LogP contribution in [0.2, 0.25) is 0 Å². The lowest BCUT2D eigenvalue weighted by molar-refractivity contribution is 0.0656. The van der Waals surface area contributed by atoms with Gasteiger partial charge in [-0.05, 0) is 72.8 Å². The summed E-state index contributed by atoms with van der Waals surface area (Å²) in [5.41, 5.74) is 0.404. The van der Waals surface area contributed by atoms with Gasteiger partial charge in [-0.3, -0.25) is 38.6 Å². The Balaban J connectivity index is 1.08. The van der Waals surface area contributed by atoms with Crippen molar-refractivity contribution >= 4 is 47.1 Å². The van der Waals surface area contributed by atoms with E-state index < -0.39 is 47.1 Å². The quantitative estimate of drug-likeness (QED) is 0.100. The monoisotopic (exact) mass is 666 g/mol. The molecule has 2 aliphatic heterocycles. The van der Waals surface area contributed by atoms with E-state index in [1.807, 2.05) is 0 Å². The number of amides is 4. The van der Waals surface area contributed by atoms with Gasteiger partial charge < -0.3 is 9.47 Å². The van der Waals surface area contributed by atoms with Gasteiger partial charge in [0.1, 0.15) is 11.5 Å². The third kappa shape index (κ3) is 4.94. The average molecular weight is 667 g/mol. The van der Waals surface area contributed by atoms with Crippen LogP contribution in [0, 0.1) is 0 Å². The van der Waals surface area contributed by atoms with Crippen molar-refractivity contribution in [1.29, 1.82) is 0 Å². The van der Waals surface area contributed by atoms with Crippen LogP contribution >= 0.6 is 0 Å². The Morgan fingerprint density at radius 2 is 0.840 bits per heavy atom. The molecule has 2 heterocycles. The molecule has 0 N–H and O–H groups in total. The van der Waals surface area contributed by atoms with E-state index in [1.165, 1.54) is 84.9 Å². The fourth-order valence-electron chi connectivity index (χ4n) is 5.99. The van der Waals surface area contributed by atoms with Crippen LogP contribution in [-0.2, 0) is 0 Å². The number of carbonyl (C=O) groups is 8. The maximum absolute atomic E-state index is 13.5. The average Bonchev–Trinajstić information content (AvgIpc) is 3.50. The first-order valence-electron chi connectivity index (χ1n) is 15.1. The van der Waals surface area contributed by atoms with E-state index in [1.54, 1.807) is 0 Å². The van der Waals surface area contributed by atoms with Gasteiger partial charge in [0.2, 0.25) is 0 Å². The third-order valence-electron chi connectivity index (χ3n) is 8.42. The molecule has 0 atom stereocenters. The van der Waals surface area contributed by atoms with E-state index in [2.05, 4.69) is 13.2 Å². The largest absolute Gasteiger partial charge is 0.423 e. The number of fused-ring (bicyclic) bond motifs is 4. The van der Waals surface area contributed by atoms with Crippen LogP contribution in [0.25, 0.3) is 0 Å². The molecule has 4 aromatic rings. The molecule has 0 spiro atoms. The SMILES string of the molecule is C=CCN1C(=O)c2ccc(C(=O)Oc3ccc4c(c3)C(=O)c3ccc(OC(=O)c5ccc6c(c5)C(=O)N(CC=C)C6=O)cc3C4=O)cc2C1=O. The number of ketones is 2. The number of carbonyl (C=O) groups excluding carboxylic acids is 8. The smallest absolute Gasteiger partial charge is 0.343 e. The van der Waals surface area contributed by atoms with Crippen LogP contribution in [-0.4, -0.2) is 70.0 Å². The number of hydrogen-bond donors (Lipinski definition) is 0. The molecule has 4 amide bonds. The summed E-state index contributed by atoms with van der Waals surface area (Å²) < 4.78 is 10.9. The second-order valence-electron chi connectivity index (χ2n) is 11.4. The summed E-state index contributed by atoms with van der Waals surface area (Å²) in [6, 6.07) is 15.8. The van der Waals surface area contributed by atoms with E-state index in [9.17, 15) is 38.4 Å². The topological polar surface area (TPSA) is 161 Å². The van der Waals surface area contributed by atoms with Gasteiger partial charge >= 0.3 is 11.9 Å². The van der Waals surface area contributed by atoms with Crippen molar-refractivity contribution in [2.24, 2.45) is 0 Å². The van der Waals surface area contributed by atoms with Crippen LogP contribution in [0.15, 0.2) is 98.1 Å². The van der Waals surface area contributed by atoms with Crippen LogP contribution in [0.1, 0.15) is 94.0 Å². The summed E-state index contributed by atoms with van der Waals surface area (Å²) in [5.74, 6) is -5.01. The molecule has 0 fully saturated rings. The molecule has 1 aliphatic carbocycles. The van der Waals surface area contributed by atoms with Crippen LogP contribution in [0.3, 0.4) is 0 Å². The van der Waals surface area contributed by atoms with E-state index in [-0.39, 0.29) is 80.2 Å². The minimum absolute atomic E-state index is 0.00691. The van der Waals surface area contributed by atoms with Crippen molar-refractivity contribution in [3.05, 3.63) is 154 Å². The normalized spacial score (nSPS) is 14.2. The van der Waals surface area contributed by atoms with E-state index in [0.29, 0.717) is 0 Å². The molecular weight excluding hydrogens is 644 g/mol. The molecule has 12 heteroatoms. The number of benzene rings is 4. The highest BCUT2D eigenvalue weighted by Gasteiger charge is 2.37. The first-order valence-corrected chi connectivity index (χ1v) is 15.1. The van der Waals surface area contributed by atoms with Crippen LogP contribution in [0.5, 0.6) is 11.5 Å². The van der Waals surface area contributed by atoms with Crippen molar-refractivity contribution in [2.75, 3.05) is 13.1 Å². The van der Waals surface area contributed by atoms with Gasteiger partial charge in [0.05, 0.1) is 33.4 Å². The van der Waals surface area contributed by atoms with Crippen molar-refractivity contribution in [3.8, 4) is 11.5 Å². The highest BCUT2D eigenvalue weighted by molar-refractivity contribution is 6.29. The van der Waals surface area contributed by atoms with Crippen molar-refractivity contribution < 1.29 is 47.8 Å². The van der Waals surface area contributed by atoms with Gasteiger partial charge in [0.25, 0.3) is 23.6 Å². The fraction of sp³-hybridized carbons (Fsp3) is 0.0526. The number of hydrogen-bond acceptors (Lipinski definition) is 10. The molecule has 0 aromatic heterocycles. The molecular formula is C38H22N2O10. The van der Waals surface area contributed by atoms with Gasteiger partial charge in [-0.25, -0.2) is 9.59 Å². The zero-order valence-corrected chi connectivity index (χ0v) is 25.9. The molecule has 3 aliphatic rings. The number of imide groups is 2. The minimum Gasteiger partial charge on any atom is -0.423 e. The molecule has 0 unspecified atom stereocenters. The number of nitrogens with zero attached hydrogens (tertiary/aromatic N) is 2. The van der Waals surface area contributed by atoms with Gasteiger partial charge in [-0.15, -0.1) is 13.2 Å². The lowest BCUT2D eigenvalue weighted by atomic mass is 9.84. The van der Waals surface area contributed by atoms with E-state index in [4.69, 9.17) is 9.47 Å². The van der Waals surface area contributed by atoms with Gasteiger partial charge in [-0.1, -0.05) is 12.2 Å². The van der Waals surface area contributed by atoms with Gasteiger partial charge in [-0.2, -0.15) is 0 Å². The third-order valence-corrected chi connectivity index (χ3v) is 8.42. The Bertz CT molecular complexity index is 2170. The highest BCUT2D eigenvalue weighted by Crippen LogP contribution is 2.33. The zero-order chi connectivity index (χ0) is 35.4. The summed E-state index contributed by atoms with van der Waals surface area (Å²) in [7, 11) is 0. The first-order chi connectivity index (χ1) is 24.0. The fourth-order valence-corrected chi connectivity index (χ4v) is 5.99.